The quantitative estimate of drug-likeness (QED) is 0.603. The van der Waals surface area contributed by atoms with Crippen LogP contribution in [0.25, 0.3) is 10.2 Å². The second-order valence-corrected chi connectivity index (χ2v) is 9.45. The molecule has 3 aromatic rings. The van der Waals surface area contributed by atoms with E-state index in [9.17, 15) is 4.79 Å². The Kier molecular flexibility index (Phi) is 5.18. The number of fused-ring (bicyclic) bond motifs is 1. The van der Waals surface area contributed by atoms with E-state index in [4.69, 9.17) is 0 Å². The number of hydrogen-bond acceptors (Lipinski definition) is 3. The summed E-state index contributed by atoms with van der Waals surface area (Å²) in [5, 5.41) is 2.15. The van der Waals surface area contributed by atoms with Gasteiger partial charge in [-0.15, -0.1) is 11.3 Å². The molecule has 29 heavy (non-hydrogen) atoms. The number of piperazine rings is 1. The monoisotopic (exact) mass is 407 g/mol. The van der Waals surface area contributed by atoms with Gasteiger partial charge < -0.3 is 9.47 Å². The van der Waals surface area contributed by atoms with Crippen LogP contribution in [0.5, 0.6) is 0 Å². The van der Waals surface area contributed by atoms with E-state index in [2.05, 4.69) is 63.1 Å². The van der Waals surface area contributed by atoms with Crippen LogP contribution in [0.2, 0.25) is 0 Å². The zero-order valence-corrected chi connectivity index (χ0v) is 18.0. The van der Waals surface area contributed by atoms with Crippen LogP contribution in [0, 0.1) is 6.92 Å². The Labute approximate surface area is 176 Å². The summed E-state index contributed by atoms with van der Waals surface area (Å²) in [5.41, 5.74) is 4.90. The molecule has 5 rings (SSSR count). The first-order valence-electron chi connectivity index (χ1n) is 10.9. The van der Waals surface area contributed by atoms with Gasteiger partial charge in [-0.2, -0.15) is 0 Å². The van der Waals surface area contributed by atoms with Gasteiger partial charge >= 0.3 is 0 Å². The van der Waals surface area contributed by atoms with Crippen molar-refractivity contribution >= 4 is 27.5 Å². The number of aryl methyl sites for hydroxylation is 1. The van der Waals surface area contributed by atoms with E-state index >= 15 is 0 Å². The molecule has 1 aromatic carbocycles. The summed E-state index contributed by atoms with van der Waals surface area (Å²) in [6, 6.07) is 13.4. The standard InChI is InChI=1S/C24H29N3OS/c1-18-6-2-3-7-19(18)17-25-11-13-26(14-12-25)24(28)22-16-23-21(10-15-29-23)27(22)20-8-4-5-9-20/h2-3,6-7,10,15-16,20H,4-5,8-9,11-14,17H2,1H3. The minimum absolute atomic E-state index is 0.218. The molecule has 1 aliphatic heterocycles. The van der Waals surface area contributed by atoms with Gasteiger partial charge in [-0.1, -0.05) is 37.1 Å². The van der Waals surface area contributed by atoms with Crippen molar-refractivity contribution in [2.75, 3.05) is 26.2 Å². The third-order valence-corrected chi connectivity index (χ3v) is 7.54. The van der Waals surface area contributed by atoms with Crippen molar-refractivity contribution in [1.29, 1.82) is 0 Å². The minimum Gasteiger partial charge on any atom is -0.335 e. The Morgan fingerprint density at radius 1 is 1.07 bits per heavy atom. The number of carbonyl (C=O) groups excluding carboxylic acids is 1. The van der Waals surface area contributed by atoms with E-state index in [0.29, 0.717) is 6.04 Å². The minimum atomic E-state index is 0.218. The van der Waals surface area contributed by atoms with Gasteiger partial charge in [0.25, 0.3) is 5.91 Å². The summed E-state index contributed by atoms with van der Waals surface area (Å²) < 4.78 is 3.61. The average Bonchev–Trinajstić information content (AvgIpc) is 3.47. The Hall–Kier alpha value is -2.11. The highest BCUT2D eigenvalue weighted by molar-refractivity contribution is 7.17. The number of amides is 1. The van der Waals surface area contributed by atoms with Crippen molar-refractivity contribution in [3.63, 3.8) is 0 Å². The van der Waals surface area contributed by atoms with Gasteiger partial charge in [0.2, 0.25) is 0 Å². The third kappa shape index (κ3) is 3.62. The van der Waals surface area contributed by atoms with Crippen LogP contribution in [0.15, 0.2) is 41.8 Å². The fourth-order valence-corrected chi connectivity index (χ4v) is 5.78. The molecule has 0 bridgehead atoms. The van der Waals surface area contributed by atoms with E-state index in [0.717, 1.165) is 38.4 Å². The van der Waals surface area contributed by atoms with Crippen LogP contribution in [0.4, 0.5) is 0 Å². The van der Waals surface area contributed by atoms with Crippen LogP contribution >= 0.6 is 11.3 Å². The third-order valence-electron chi connectivity index (χ3n) is 6.68. The SMILES string of the molecule is Cc1ccccc1CN1CCN(C(=O)c2cc3sccc3n2C2CCCC2)CC1. The maximum Gasteiger partial charge on any atom is 0.270 e. The molecular weight excluding hydrogens is 378 g/mol. The molecule has 1 saturated carbocycles. The predicted molar refractivity (Wildman–Crippen MR) is 120 cm³/mol. The van der Waals surface area contributed by atoms with Crippen LogP contribution in [-0.2, 0) is 6.54 Å². The molecule has 2 fully saturated rings. The lowest BCUT2D eigenvalue weighted by Gasteiger charge is -2.35. The van der Waals surface area contributed by atoms with E-state index in [1.54, 1.807) is 11.3 Å². The molecule has 2 aliphatic rings. The van der Waals surface area contributed by atoms with Crippen molar-refractivity contribution in [3.05, 3.63) is 58.6 Å². The normalized spacial score (nSPS) is 18.7. The lowest BCUT2D eigenvalue weighted by Crippen LogP contribution is -2.48. The molecule has 2 aromatic heterocycles. The number of rotatable bonds is 4. The number of hydrogen-bond donors (Lipinski definition) is 0. The van der Waals surface area contributed by atoms with Gasteiger partial charge in [0.05, 0.1) is 10.2 Å². The first-order valence-corrected chi connectivity index (χ1v) is 11.7. The topological polar surface area (TPSA) is 28.5 Å². The zero-order valence-electron chi connectivity index (χ0n) is 17.1. The van der Waals surface area contributed by atoms with Crippen LogP contribution < -0.4 is 0 Å². The summed E-state index contributed by atoms with van der Waals surface area (Å²) in [4.78, 5) is 18.0. The molecule has 1 amide bonds. The maximum absolute atomic E-state index is 13.5. The van der Waals surface area contributed by atoms with Crippen molar-refractivity contribution in [2.45, 2.75) is 45.2 Å². The number of nitrogens with zero attached hydrogens (tertiary/aromatic N) is 3. The number of thiophene rings is 1. The molecule has 0 unspecified atom stereocenters. The first kappa shape index (κ1) is 18.9. The van der Waals surface area contributed by atoms with Crippen LogP contribution in [0.1, 0.15) is 53.3 Å². The van der Waals surface area contributed by atoms with Crippen LogP contribution in [-0.4, -0.2) is 46.5 Å². The van der Waals surface area contributed by atoms with Crippen molar-refractivity contribution < 1.29 is 4.79 Å². The molecule has 0 N–H and O–H groups in total. The van der Waals surface area contributed by atoms with E-state index in [1.165, 1.54) is 47.0 Å². The van der Waals surface area contributed by atoms with E-state index in [1.807, 2.05) is 0 Å². The molecule has 1 saturated heterocycles. The Bertz CT molecular complexity index is 1010. The molecule has 4 nitrogen and oxygen atoms in total. The molecular formula is C24H29N3OS. The highest BCUT2D eigenvalue weighted by Gasteiger charge is 2.29. The summed E-state index contributed by atoms with van der Waals surface area (Å²) in [5.74, 6) is 0.218. The van der Waals surface area contributed by atoms with Gasteiger partial charge in [0, 0.05) is 38.8 Å². The van der Waals surface area contributed by atoms with Gasteiger partial charge in [-0.05, 0) is 48.4 Å². The van der Waals surface area contributed by atoms with Crippen molar-refractivity contribution in [1.82, 2.24) is 14.4 Å². The molecule has 0 atom stereocenters. The molecule has 0 spiro atoms. The first-order chi connectivity index (χ1) is 14.2. The van der Waals surface area contributed by atoms with Crippen molar-refractivity contribution in [3.8, 4) is 0 Å². The molecule has 5 heteroatoms. The van der Waals surface area contributed by atoms with Crippen LogP contribution in [0.3, 0.4) is 0 Å². The summed E-state index contributed by atoms with van der Waals surface area (Å²) in [6.07, 6.45) is 4.95. The van der Waals surface area contributed by atoms with Gasteiger partial charge in [0.1, 0.15) is 5.69 Å². The lowest BCUT2D eigenvalue weighted by molar-refractivity contribution is 0.0616. The molecule has 1 aliphatic carbocycles. The molecule has 3 heterocycles. The van der Waals surface area contributed by atoms with E-state index < -0.39 is 0 Å². The highest BCUT2D eigenvalue weighted by Crippen LogP contribution is 2.37. The molecule has 0 radical (unpaired) electrons. The second kappa shape index (κ2) is 7.96. The lowest BCUT2D eigenvalue weighted by atomic mass is 10.1. The molecule has 152 valence electrons. The highest BCUT2D eigenvalue weighted by atomic mass is 32.1. The summed E-state index contributed by atoms with van der Waals surface area (Å²) >= 11 is 1.75. The average molecular weight is 408 g/mol. The fraction of sp³-hybridized carbons (Fsp3) is 0.458. The van der Waals surface area contributed by atoms with Gasteiger partial charge in [0.15, 0.2) is 0 Å². The number of benzene rings is 1. The Morgan fingerprint density at radius 3 is 2.59 bits per heavy atom. The van der Waals surface area contributed by atoms with E-state index in [-0.39, 0.29) is 5.91 Å². The Morgan fingerprint density at radius 2 is 1.83 bits per heavy atom. The fourth-order valence-electron chi connectivity index (χ4n) is 4.96. The zero-order chi connectivity index (χ0) is 19.8. The maximum atomic E-state index is 13.5. The smallest absolute Gasteiger partial charge is 0.270 e. The predicted octanol–water partition coefficient (Wildman–Crippen LogP) is 5.08. The Balaban J connectivity index is 1.30. The van der Waals surface area contributed by atoms with Gasteiger partial charge in [-0.25, -0.2) is 0 Å². The van der Waals surface area contributed by atoms with Gasteiger partial charge in [-0.3, -0.25) is 9.69 Å². The number of carbonyl (C=O) groups is 1. The largest absolute Gasteiger partial charge is 0.335 e. The number of aromatic nitrogens is 1. The van der Waals surface area contributed by atoms with Crippen molar-refractivity contribution in [2.24, 2.45) is 0 Å². The summed E-state index contributed by atoms with van der Waals surface area (Å²) in [7, 11) is 0. The second-order valence-electron chi connectivity index (χ2n) is 8.50. The summed E-state index contributed by atoms with van der Waals surface area (Å²) in [6.45, 7) is 6.67.